The van der Waals surface area contributed by atoms with Gasteiger partial charge in [0.1, 0.15) is 5.78 Å². The van der Waals surface area contributed by atoms with Gasteiger partial charge in [-0.2, -0.15) is 0 Å². The Kier molecular flexibility index (Phi) is 7.54. The molecular weight excluding hydrogens is 496 g/mol. The van der Waals surface area contributed by atoms with Crippen LogP contribution in [0.15, 0.2) is 12.2 Å². The summed E-state index contributed by atoms with van der Waals surface area (Å²) in [4.78, 5) is 24.6. The lowest BCUT2D eigenvalue weighted by Gasteiger charge is -2.73. The third-order valence-electron chi connectivity index (χ3n) is 14.7. The number of Topliss-reactive ketones (excluding diaryl/α,β-unsaturated/α-hetero) is 1. The Morgan fingerprint density at radius 2 is 1.57 bits per heavy atom. The Labute approximate surface area is 244 Å². The van der Waals surface area contributed by atoms with Crippen molar-refractivity contribution in [3.05, 3.63) is 12.2 Å². The highest BCUT2D eigenvalue weighted by atomic mass is 16.5. The second-order valence-electron chi connectivity index (χ2n) is 16.8. The first-order valence-corrected chi connectivity index (χ1v) is 16.5. The number of aliphatic hydroxyl groups excluding tert-OH is 1. The SMILES string of the molecule is C=C(C)[C@@H]1CC[C@]2(COC(=O)C(C)CC(C)=O)CC[C@]3(C)C(CC[C@@H]4[C@@]5(C)CC[C@H](O)C(C)(C)[C@@H]5CC[C@]43C)[C@@H]12. The molecule has 0 saturated heterocycles. The maximum atomic E-state index is 12.9. The third-order valence-corrected chi connectivity index (χ3v) is 14.7. The second-order valence-corrected chi connectivity index (χ2v) is 16.8. The van der Waals surface area contributed by atoms with Crippen LogP contribution in [0.4, 0.5) is 0 Å². The van der Waals surface area contributed by atoms with Crippen LogP contribution < -0.4 is 0 Å². The lowest BCUT2D eigenvalue weighted by atomic mass is 9.32. The monoisotopic (exact) mass is 554 g/mol. The number of rotatable bonds is 6. The summed E-state index contributed by atoms with van der Waals surface area (Å²) in [6.07, 6.45) is 11.8. The first-order chi connectivity index (χ1) is 18.5. The second kappa shape index (κ2) is 9.95. The minimum atomic E-state index is -0.372. The van der Waals surface area contributed by atoms with Crippen LogP contribution >= 0.6 is 0 Å². The maximum absolute atomic E-state index is 12.9. The lowest BCUT2D eigenvalue weighted by molar-refractivity contribution is -0.250. The van der Waals surface area contributed by atoms with Gasteiger partial charge >= 0.3 is 5.97 Å². The summed E-state index contributed by atoms with van der Waals surface area (Å²) >= 11 is 0. The predicted molar refractivity (Wildman–Crippen MR) is 160 cm³/mol. The third kappa shape index (κ3) is 4.22. The molecule has 226 valence electrons. The molecule has 5 fully saturated rings. The number of ketones is 1. The van der Waals surface area contributed by atoms with Gasteiger partial charge in [-0.15, -0.1) is 0 Å². The number of allylic oxidation sites excluding steroid dienone is 1. The Morgan fingerprint density at radius 3 is 2.23 bits per heavy atom. The van der Waals surface area contributed by atoms with E-state index in [1.165, 1.54) is 37.7 Å². The molecule has 5 rings (SSSR count). The number of fused-ring (bicyclic) bond motifs is 7. The van der Waals surface area contributed by atoms with E-state index < -0.39 is 0 Å². The highest BCUT2D eigenvalue weighted by Crippen LogP contribution is 2.77. The summed E-state index contributed by atoms with van der Waals surface area (Å²) in [5.41, 5.74) is 2.12. The van der Waals surface area contributed by atoms with E-state index in [0.717, 1.165) is 32.1 Å². The molecule has 11 atom stereocenters. The average Bonchev–Trinajstić information content (AvgIpc) is 3.25. The molecule has 0 radical (unpaired) electrons. The van der Waals surface area contributed by atoms with E-state index in [9.17, 15) is 14.7 Å². The summed E-state index contributed by atoms with van der Waals surface area (Å²) in [5, 5.41) is 11.0. The van der Waals surface area contributed by atoms with Crippen LogP contribution in [0, 0.1) is 62.6 Å². The van der Waals surface area contributed by atoms with Crippen LogP contribution in [0.3, 0.4) is 0 Å². The highest BCUT2D eigenvalue weighted by molar-refractivity contribution is 5.82. The van der Waals surface area contributed by atoms with Crippen LogP contribution in [-0.2, 0) is 14.3 Å². The van der Waals surface area contributed by atoms with Crippen molar-refractivity contribution in [2.24, 2.45) is 62.6 Å². The molecule has 0 spiro atoms. The van der Waals surface area contributed by atoms with E-state index in [0.29, 0.717) is 36.2 Å². The fraction of sp³-hybridized carbons (Fsp3) is 0.889. The van der Waals surface area contributed by atoms with Gasteiger partial charge in [-0.05, 0) is 129 Å². The molecule has 0 aromatic heterocycles. The van der Waals surface area contributed by atoms with E-state index in [1.807, 2.05) is 6.92 Å². The largest absolute Gasteiger partial charge is 0.465 e. The van der Waals surface area contributed by atoms with Crippen molar-refractivity contribution in [3.63, 3.8) is 0 Å². The molecule has 2 unspecified atom stereocenters. The average molecular weight is 555 g/mol. The van der Waals surface area contributed by atoms with E-state index >= 15 is 0 Å². The summed E-state index contributed by atoms with van der Waals surface area (Å²) < 4.78 is 6.10. The number of hydrogen-bond acceptors (Lipinski definition) is 4. The van der Waals surface area contributed by atoms with Gasteiger partial charge < -0.3 is 14.6 Å². The molecule has 0 aromatic rings. The number of aliphatic hydroxyl groups is 1. The fourth-order valence-electron chi connectivity index (χ4n) is 12.4. The molecule has 4 nitrogen and oxygen atoms in total. The van der Waals surface area contributed by atoms with Crippen LogP contribution in [-0.4, -0.2) is 29.6 Å². The number of carbonyl (C=O) groups is 2. The Hall–Kier alpha value is -1.16. The molecule has 1 N–H and O–H groups in total. The summed E-state index contributed by atoms with van der Waals surface area (Å²) in [7, 11) is 0. The molecule has 0 aliphatic heterocycles. The van der Waals surface area contributed by atoms with E-state index in [4.69, 9.17) is 4.74 Å². The molecule has 4 heteroatoms. The Morgan fingerprint density at radius 1 is 0.875 bits per heavy atom. The minimum absolute atomic E-state index is 0.0201. The molecule has 5 aliphatic rings. The van der Waals surface area contributed by atoms with Crippen LogP contribution in [0.5, 0.6) is 0 Å². The van der Waals surface area contributed by atoms with Gasteiger partial charge in [0.2, 0.25) is 0 Å². The fourth-order valence-corrected chi connectivity index (χ4v) is 12.4. The quantitative estimate of drug-likeness (QED) is 0.266. The molecule has 0 bridgehead atoms. The smallest absolute Gasteiger partial charge is 0.309 e. The van der Waals surface area contributed by atoms with Crippen molar-refractivity contribution >= 4 is 11.8 Å². The van der Waals surface area contributed by atoms with E-state index in [1.54, 1.807) is 6.92 Å². The molecule has 5 saturated carbocycles. The van der Waals surface area contributed by atoms with Gasteiger partial charge in [-0.3, -0.25) is 4.79 Å². The van der Waals surface area contributed by atoms with Gasteiger partial charge in [0, 0.05) is 11.8 Å². The maximum Gasteiger partial charge on any atom is 0.309 e. The first kappa shape index (κ1) is 30.3. The van der Waals surface area contributed by atoms with Crippen molar-refractivity contribution in [2.75, 3.05) is 6.61 Å². The number of hydrogen-bond donors (Lipinski definition) is 1. The molecule has 0 amide bonds. The highest BCUT2D eigenvalue weighted by Gasteiger charge is 2.71. The topological polar surface area (TPSA) is 63.6 Å². The number of esters is 1. The van der Waals surface area contributed by atoms with Gasteiger partial charge in [-0.25, -0.2) is 0 Å². The zero-order valence-corrected chi connectivity index (χ0v) is 26.9. The van der Waals surface area contributed by atoms with Crippen LogP contribution in [0.2, 0.25) is 0 Å². The molecule has 0 aromatic carbocycles. The summed E-state index contributed by atoms with van der Waals surface area (Å²) in [6.45, 7) is 23.2. The standard InChI is InChI=1S/C36H58O4/c1-22(2)25-12-17-36(21-40-31(39)23(3)20-24(4)37)19-18-34(8)26(30(25)36)10-11-28-33(7)15-14-29(38)32(5,6)27(33)13-16-35(28,34)9/h23,25-30,38H,1,10-21H2,2-9H3/t23?,25-,26?,27-,28+,29-,30+,33-,34+,35+,36+/m0/s1. The van der Waals surface area contributed by atoms with Gasteiger partial charge in [0.25, 0.3) is 0 Å². The van der Waals surface area contributed by atoms with Crippen LogP contribution in [0.25, 0.3) is 0 Å². The minimum Gasteiger partial charge on any atom is -0.465 e. The summed E-state index contributed by atoms with van der Waals surface area (Å²) in [5.74, 6) is 2.35. The van der Waals surface area contributed by atoms with E-state index in [2.05, 4.69) is 48.1 Å². The van der Waals surface area contributed by atoms with Crippen molar-refractivity contribution in [1.82, 2.24) is 0 Å². The van der Waals surface area contributed by atoms with Crippen LogP contribution in [0.1, 0.15) is 126 Å². The molecule has 0 heterocycles. The lowest BCUT2D eigenvalue weighted by Crippen LogP contribution is -2.66. The van der Waals surface area contributed by atoms with Gasteiger partial charge in [0.15, 0.2) is 0 Å². The van der Waals surface area contributed by atoms with Gasteiger partial charge in [-0.1, -0.05) is 53.7 Å². The Bertz CT molecular complexity index is 1050. The Balaban J connectivity index is 1.45. The number of carbonyl (C=O) groups excluding carboxylic acids is 2. The molecule has 40 heavy (non-hydrogen) atoms. The predicted octanol–water partition coefficient (Wildman–Crippen LogP) is 8.16. The first-order valence-electron chi connectivity index (χ1n) is 16.5. The van der Waals surface area contributed by atoms with Crippen molar-refractivity contribution in [1.29, 1.82) is 0 Å². The van der Waals surface area contributed by atoms with Crippen molar-refractivity contribution in [3.8, 4) is 0 Å². The normalized spacial score (nSPS) is 48.1. The van der Waals surface area contributed by atoms with Crippen molar-refractivity contribution in [2.45, 2.75) is 132 Å². The summed E-state index contributed by atoms with van der Waals surface area (Å²) in [6, 6.07) is 0. The zero-order chi connectivity index (χ0) is 29.5. The van der Waals surface area contributed by atoms with Crippen molar-refractivity contribution < 1.29 is 19.4 Å². The van der Waals surface area contributed by atoms with Gasteiger partial charge in [0.05, 0.1) is 18.6 Å². The zero-order valence-electron chi connectivity index (χ0n) is 26.9. The molecule has 5 aliphatic carbocycles. The number of ether oxygens (including phenoxy) is 1. The molecular formula is C36H58O4. The van der Waals surface area contributed by atoms with E-state index in [-0.39, 0.29) is 57.3 Å².